The lowest BCUT2D eigenvalue weighted by Crippen LogP contribution is -2.03. The maximum atomic E-state index is 6.49. The van der Waals surface area contributed by atoms with E-state index < -0.39 is 0 Å². The first kappa shape index (κ1) is 48.8. The van der Waals surface area contributed by atoms with Gasteiger partial charge in [-0.25, -0.2) is 19.9 Å². The van der Waals surface area contributed by atoms with Gasteiger partial charge in [-0.15, -0.1) is 11.3 Å². The second-order valence-corrected chi connectivity index (χ2v) is 23.9. The van der Waals surface area contributed by atoms with Crippen molar-refractivity contribution in [2.45, 2.75) is 0 Å². The number of rotatable bonds is 4. The Morgan fingerprint density at radius 2 is 0.693 bits per heavy atom. The standard InChI is InChI=1S/C40H23N3O.C40H23N3S/c2*1-2-11-26-23-35-33(22-25(26)10-1)31-13-5-7-15-34(31)43(35)40-41-37(39-38(42-40)32-14-6-8-16-36(32)44-39)28-19-20-30-27(21-28)18-17-24-9-3-4-12-29(24)30/h2*1-23H. The van der Waals surface area contributed by atoms with Crippen molar-refractivity contribution in [1.29, 1.82) is 0 Å². The van der Waals surface area contributed by atoms with Crippen molar-refractivity contribution in [3.63, 3.8) is 0 Å². The summed E-state index contributed by atoms with van der Waals surface area (Å²) in [5.74, 6) is 1.32. The summed E-state index contributed by atoms with van der Waals surface area (Å²) in [5, 5.41) is 21.6. The van der Waals surface area contributed by atoms with Gasteiger partial charge in [0.25, 0.3) is 0 Å². The van der Waals surface area contributed by atoms with Crippen molar-refractivity contribution < 1.29 is 4.42 Å². The van der Waals surface area contributed by atoms with Gasteiger partial charge in [0.15, 0.2) is 5.58 Å². The maximum Gasteiger partial charge on any atom is 0.236 e. The Balaban J connectivity index is 0.000000128. The number of benzene rings is 14. The maximum absolute atomic E-state index is 6.49. The lowest BCUT2D eigenvalue weighted by Gasteiger charge is -2.11. The average molecular weight is 1140 g/mol. The molecule has 6 aromatic heterocycles. The van der Waals surface area contributed by atoms with Crippen LogP contribution in [-0.4, -0.2) is 29.1 Å². The van der Waals surface area contributed by atoms with Crippen molar-refractivity contribution in [3.8, 4) is 34.4 Å². The molecule has 14 aromatic carbocycles. The van der Waals surface area contributed by atoms with E-state index in [0.29, 0.717) is 17.5 Å². The molecular weight excluding hydrogens is 1090 g/mol. The molecule has 0 aliphatic heterocycles. The molecule has 0 atom stereocenters. The first-order chi connectivity index (χ1) is 43.6. The minimum Gasteiger partial charge on any atom is -0.452 e. The summed E-state index contributed by atoms with van der Waals surface area (Å²) in [6, 6.07) is 99.3. The zero-order valence-corrected chi connectivity index (χ0v) is 47.9. The predicted molar refractivity (Wildman–Crippen MR) is 369 cm³/mol. The minimum atomic E-state index is 0.624. The van der Waals surface area contributed by atoms with Gasteiger partial charge in [-0.1, -0.05) is 212 Å². The number of fused-ring (bicyclic) bond motifs is 20. The molecular formula is C80H46N6OS. The molecule has 0 unspecified atom stereocenters. The highest BCUT2D eigenvalue weighted by molar-refractivity contribution is 7.26. The molecule has 0 amide bonds. The molecule has 0 aliphatic carbocycles. The van der Waals surface area contributed by atoms with Crippen LogP contribution in [0.25, 0.3) is 185 Å². The highest BCUT2D eigenvalue weighted by Crippen LogP contribution is 2.43. The molecule has 0 saturated heterocycles. The third-order valence-corrected chi connectivity index (χ3v) is 19.1. The van der Waals surface area contributed by atoms with Crippen LogP contribution < -0.4 is 0 Å². The van der Waals surface area contributed by atoms with E-state index in [-0.39, 0.29) is 0 Å². The van der Waals surface area contributed by atoms with E-state index in [2.05, 4.69) is 270 Å². The molecule has 0 spiro atoms. The molecule has 408 valence electrons. The fourth-order valence-corrected chi connectivity index (χ4v) is 15.0. The van der Waals surface area contributed by atoms with Gasteiger partial charge in [0.1, 0.15) is 16.8 Å². The SMILES string of the molecule is c1ccc2cc3c(cc2c1)c1ccccc1n3-c1nc(-c2ccc3c(ccc4ccccc43)c2)c2oc3ccccc3c2n1.c1ccc2cc3c(cc2c1)c1ccccc1n3-c1nc(-c2ccc3c(ccc4ccccc43)c2)c2sc3ccccc3c2n1. The fourth-order valence-electron chi connectivity index (χ4n) is 13.8. The summed E-state index contributed by atoms with van der Waals surface area (Å²) in [7, 11) is 0. The van der Waals surface area contributed by atoms with Crippen LogP contribution in [0.2, 0.25) is 0 Å². The number of furan rings is 1. The molecule has 7 nitrogen and oxygen atoms in total. The van der Waals surface area contributed by atoms with E-state index in [0.717, 1.165) is 82.1 Å². The number of para-hydroxylation sites is 3. The summed E-state index contributed by atoms with van der Waals surface area (Å²) in [6.45, 7) is 0. The minimum absolute atomic E-state index is 0.624. The topological polar surface area (TPSA) is 74.6 Å². The Morgan fingerprint density at radius 1 is 0.273 bits per heavy atom. The second-order valence-electron chi connectivity index (χ2n) is 22.9. The molecule has 0 radical (unpaired) electrons. The lowest BCUT2D eigenvalue weighted by molar-refractivity contribution is 0.666. The second kappa shape index (κ2) is 19.0. The third kappa shape index (κ3) is 7.43. The third-order valence-electron chi connectivity index (χ3n) is 17.9. The van der Waals surface area contributed by atoms with Crippen LogP contribution in [0.3, 0.4) is 0 Å². The largest absolute Gasteiger partial charge is 0.452 e. The Kier molecular flexibility index (Phi) is 10.5. The molecule has 88 heavy (non-hydrogen) atoms. The number of nitrogens with zero attached hydrogens (tertiary/aromatic N) is 6. The van der Waals surface area contributed by atoms with E-state index in [9.17, 15) is 0 Å². The summed E-state index contributed by atoms with van der Waals surface area (Å²) in [6.07, 6.45) is 0. The molecule has 0 fully saturated rings. The Hall–Kier alpha value is -11.6. The average Bonchev–Trinajstić information content (AvgIpc) is 3.74. The molecule has 20 aromatic rings. The van der Waals surface area contributed by atoms with Crippen LogP contribution in [0.15, 0.2) is 283 Å². The summed E-state index contributed by atoms with van der Waals surface area (Å²) >= 11 is 1.77. The first-order valence-corrected chi connectivity index (χ1v) is 30.5. The van der Waals surface area contributed by atoms with Crippen LogP contribution in [-0.2, 0) is 0 Å². The van der Waals surface area contributed by atoms with Crippen molar-refractivity contribution in [1.82, 2.24) is 29.1 Å². The quantitative estimate of drug-likeness (QED) is 0.164. The number of hydrogen-bond acceptors (Lipinski definition) is 6. The van der Waals surface area contributed by atoms with E-state index in [1.807, 2.05) is 18.2 Å². The normalized spacial score (nSPS) is 12.1. The van der Waals surface area contributed by atoms with Crippen molar-refractivity contribution in [2.75, 3.05) is 0 Å². The summed E-state index contributed by atoms with van der Waals surface area (Å²) in [5.41, 5.74) is 11.5. The summed E-state index contributed by atoms with van der Waals surface area (Å²) in [4.78, 5) is 21.3. The number of hydrogen-bond donors (Lipinski definition) is 0. The van der Waals surface area contributed by atoms with Gasteiger partial charge in [0, 0.05) is 48.1 Å². The van der Waals surface area contributed by atoms with Crippen LogP contribution in [0.1, 0.15) is 0 Å². The van der Waals surface area contributed by atoms with Crippen LogP contribution in [0, 0.1) is 0 Å². The Bertz CT molecular complexity index is 5960. The molecule has 0 N–H and O–H groups in total. The monoisotopic (exact) mass is 1140 g/mol. The fraction of sp³-hybridized carbons (Fsp3) is 0. The van der Waals surface area contributed by atoms with Gasteiger partial charge >= 0.3 is 0 Å². The van der Waals surface area contributed by atoms with Gasteiger partial charge in [-0.2, -0.15) is 0 Å². The van der Waals surface area contributed by atoms with Gasteiger partial charge in [-0.3, -0.25) is 9.13 Å². The zero-order valence-electron chi connectivity index (χ0n) is 47.1. The van der Waals surface area contributed by atoms with Crippen LogP contribution in [0.4, 0.5) is 0 Å². The van der Waals surface area contributed by atoms with Crippen molar-refractivity contribution >= 4 is 162 Å². The molecule has 6 heterocycles. The van der Waals surface area contributed by atoms with Crippen LogP contribution in [0.5, 0.6) is 0 Å². The van der Waals surface area contributed by atoms with Crippen molar-refractivity contribution in [3.05, 3.63) is 279 Å². The van der Waals surface area contributed by atoms with E-state index in [1.54, 1.807) is 11.3 Å². The molecule has 0 aliphatic rings. The number of thiophene rings is 1. The molecule has 20 rings (SSSR count). The Labute approximate surface area is 505 Å². The number of aromatic nitrogens is 6. The molecule has 0 saturated carbocycles. The summed E-state index contributed by atoms with van der Waals surface area (Å²) < 4.78 is 13.3. The van der Waals surface area contributed by atoms with Gasteiger partial charge < -0.3 is 4.42 Å². The smallest absolute Gasteiger partial charge is 0.236 e. The lowest BCUT2D eigenvalue weighted by atomic mass is 9.99. The Morgan fingerprint density at radius 3 is 1.27 bits per heavy atom. The zero-order chi connectivity index (χ0) is 57.6. The van der Waals surface area contributed by atoms with E-state index >= 15 is 0 Å². The highest BCUT2D eigenvalue weighted by atomic mass is 32.1. The van der Waals surface area contributed by atoms with E-state index in [1.165, 1.54) is 85.5 Å². The van der Waals surface area contributed by atoms with E-state index in [4.69, 9.17) is 24.4 Å². The predicted octanol–water partition coefficient (Wildman–Crippen LogP) is 21.7. The van der Waals surface area contributed by atoms with Crippen molar-refractivity contribution in [2.24, 2.45) is 0 Å². The molecule has 8 heteroatoms. The van der Waals surface area contributed by atoms with Gasteiger partial charge in [0.2, 0.25) is 11.9 Å². The van der Waals surface area contributed by atoms with Gasteiger partial charge in [-0.05, 0) is 131 Å². The van der Waals surface area contributed by atoms with Crippen LogP contribution >= 0.6 is 11.3 Å². The highest BCUT2D eigenvalue weighted by Gasteiger charge is 2.24. The van der Waals surface area contributed by atoms with Gasteiger partial charge in [0.05, 0.1) is 38.0 Å². The first-order valence-electron chi connectivity index (χ1n) is 29.7. The molecule has 0 bridgehead atoms.